The molecular weight excluding hydrogens is 300 g/mol. The lowest BCUT2D eigenvalue weighted by molar-refractivity contribution is -0.136. The van der Waals surface area contributed by atoms with Crippen molar-refractivity contribution in [1.29, 1.82) is 0 Å². The van der Waals surface area contributed by atoms with E-state index >= 15 is 0 Å². The van der Waals surface area contributed by atoms with Crippen LogP contribution in [0.25, 0.3) is 0 Å². The van der Waals surface area contributed by atoms with Crippen LogP contribution in [0.2, 0.25) is 0 Å². The first-order valence-electron chi connectivity index (χ1n) is 8.20. The van der Waals surface area contributed by atoms with E-state index in [9.17, 15) is 9.59 Å². The molecule has 2 amide bonds. The van der Waals surface area contributed by atoms with Crippen molar-refractivity contribution in [2.24, 2.45) is 0 Å². The number of aryl methyl sites for hydroxylation is 1. The highest BCUT2D eigenvalue weighted by Gasteiger charge is 2.13. The van der Waals surface area contributed by atoms with Gasteiger partial charge < -0.3 is 10.6 Å². The standard InChI is InChI=1S/C20H24N2O2/c1-14(2)17-8-5-9-18(13-17)22-20(24)19(23)21-11-10-16-7-4-6-15(3)12-16/h4-9,12-14H,10-11H2,1-3H3,(H,21,23)(H,22,24). The van der Waals surface area contributed by atoms with Gasteiger partial charge in [-0.2, -0.15) is 0 Å². The molecule has 4 nitrogen and oxygen atoms in total. The topological polar surface area (TPSA) is 58.2 Å². The van der Waals surface area contributed by atoms with Crippen LogP contribution < -0.4 is 10.6 Å². The molecule has 0 aliphatic rings. The van der Waals surface area contributed by atoms with Crippen molar-refractivity contribution in [3.05, 3.63) is 65.2 Å². The monoisotopic (exact) mass is 324 g/mol. The predicted octanol–water partition coefficient (Wildman–Crippen LogP) is 3.42. The average molecular weight is 324 g/mol. The van der Waals surface area contributed by atoms with Crippen molar-refractivity contribution in [1.82, 2.24) is 5.32 Å². The smallest absolute Gasteiger partial charge is 0.313 e. The van der Waals surface area contributed by atoms with E-state index in [0.29, 0.717) is 24.6 Å². The third-order valence-electron chi connectivity index (χ3n) is 3.80. The van der Waals surface area contributed by atoms with Crippen LogP contribution in [0.4, 0.5) is 5.69 Å². The maximum atomic E-state index is 12.0. The van der Waals surface area contributed by atoms with Gasteiger partial charge in [-0.25, -0.2) is 0 Å². The predicted molar refractivity (Wildman–Crippen MR) is 97.1 cm³/mol. The Morgan fingerprint density at radius 3 is 2.46 bits per heavy atom. The summed E-state index contributed by atoms with van der Waals surface area (Å²) >= 11 is 0. The maximum absolute atomic E-state index is 12.0. The molecule has 0 aliphatic heterocycles. The Balaban J connectivity index is 1.84. The molecular formula is C20H24N2O2. The Kier molecular flexibility index (Phi) is 6.13. The minimum absolute atomic E-state index is 0.366. The Morgan fingerprint density at radius 1 is 1.00 bits per heavy atom. The Hall–Kier alpha value is -2.62. The molecule has 0 atom stereocenters. The molecule has 0 bridgehead atoms. The van der Waals surface area contributed by atoms with Crippen LogP contribution in [0.1, 0.15) is 36.5 Å². The van der Waals surface area contributed by atoms with Crippen molar-refractivity contribution in [3.8, 4) is 0 Å². The number of carbonyl (C=O) groups is 2. The summed E-state index contributed by atoms with van der Waals surface area (Å²) in [5.41, 5.74) is 4.08. The Labute approximate surface area is 143 Å². The first kappa shape index (κ1) is 17.7. The zero-order chi connectivity index (χ0) is 17.5. The van der Waals surface area contributed by atoms with E-state index in [-0.39, 0.29) is 0 Å². The van der Waals surface area contributed by atoms with Gasteiger partial charge in [0.15, 0.2) is 0 Å². The molecule has 2 aromatic carbocycles. The molecule has 2 rings (SSSR count). The van der Waals surface area contributed by atoms with Gasteiger partial charge in [-0.05, 0) is 42.5 Å². The molecule has 0 aliphatic carbocycles. The van der Waals surface area contributed by atoms with Crippen LogP contribution in [0.3, 0.4) is 0 Å². The Bertz CT molecular complexity index is 723. The quantitative estimate of drug-likeness (QED) is 0.828. The van der Waals surface area contributed by atoms with Gasteiger partial charge >= 0.3 is 11.8 Å². The van der Waals surface area contributed by atoms with Crippen LogP contribution in [0, 0.1) is 6.92 Å². The van der Waals surface area contributed by atoms with Gasteiger partial charge in [0, 0.05) is 12.2 Å². The number of rotatable bonds is 5. The van der Waals surface area contributed by atoms with E-state index in [1.54, 1.807) is 6.07 Å². The normalized spacial score (nSPS) is 10.5. The second-order valence-corrected chi connectivity index (χ2v) is 6.23. The van der Waals surface area contributed by atoms with Crippen LogP contribution in [-0.2, 0) is 16.0 Å². The summed E-state index contributed by atoms with van der Waals surface area (Å²) in [6.45, 7) is 6.63. The first-order chi connectivity index (χ1) is 11.5. The lowest BCUT2D eigenvalue weighted by Crippen LogP contribution is -2.36. The van der Waals surface area contributed by atoms with Crippen molar-refractivity contribution >= 4 is 17.5 Å². The van der Waals surface area contributed by atoms with Crippen molar-refractivity contribution in [2.45, 2.75) is 33.1 Å². The Morgan fingerprint density at radius 2 is 1.75 bits per heavy atom. The summed E-state index contributed by atoms with van der Waals surface area (Å²) in [5, 5.41) is 5.30. The average Bonchev–Trinajstić information content (AvgIpc) is 2.55. The molecule has 0 heterocycles. The van der Waals surface area contributed by atoms with Crippen LogP contribution >= 0.6 is 0 Å². The summed E-state index contributed by atoms with van der Waals surface area (Å²) in [6, 6.07) is 15.7. The molecule has 0 unspecified atom stereocenters. The molecule has 0 radical (unpaired) electrons. The summed E-state index contributed by atoms with van der Waals surface area (Å²) in [4.78, 5) is 23.9. The summed E-state index contributed by atoms with van der Waals surface area (Å²) in [5.74, 6) is -0.886. The number of carbonyl (C=O) groups excluding carboxylic acids is 2. The van der Waals surface area contributed by atoms with Gasteiger partial charge in [0.2, 0.25) is 0 Å². The summed E-state index contributed by atoms with van der Waals surface area (Å²) < 4.78 is 0. The third kappa shape index (κ3) is 5.23. The van der Waals surface area contributed by atoms with Crippen LogP contribution in [-0.4, -0.2) is 18.4 Å². The van der Waals surface area contributed by atoms with Gasteiger partial charge in [-0.1, -0.05) is 55.8 Å². The minimum atomic E-state index is -0.639. The third-order valence-corrected chi connectivity index (χ3v) is 3.80. The molecule has 0 fully saturated rings. The highest BCUT2D eigenvalue weighted by molar-refractivity contribution is 6.39. The van der Waals surface area contributed by atoms with Crippen molar-refractivity contribution in [2.75, 3.05) is 11.9 Å². The van der Waals surface area contributed by atoms with E-state index in [0.717, 1.165) is 11.1 Å². The van der Waals surface area contributed by atoms with E-state index in [4.69, 9.17) is 0 Å². The fraction of sp³-hybridized carbons (Fsp3) is 0.300. The lowest BCUT2D eigenvalue weighted by atomic mass is 10.0. The second-order valence-electron chi connectivity index (χ2n) is 6.23. The summed E-state index contributed by atoms with van der Waals surface area (Å²) in [6.07, 6.45) is 0.698. The number of benzene rings is 2. The largest absolute Gasteiger partial charge is 0.347 e. The highest BCUT2D eigenvalue weighted by atomic mass is 16.2. The van der Waals surface area contributed by atoms with E-state index in [1.165, 1.54) is 5.56 Å². The van der Waals surface area contributed by atoms with E-state index < -0.39 is 11.8 Å². The van der Waals surface area contributed by atoms with Crippen LogP contribution in [0.5, 0.6) is 0 Å². The fourth-order valence-electron chi connectivity index (χ4n) is 2.43. The molecule has 0 saturated heterocycles. The number of amides is 2. The van der Waals surface area contributed by atoms with E-state index in [2.05, 4.69) is 30.5 Å². The number of hydrogen-bond donors (Lipinski definition) is 2. The first-order valence-corrected chi connectivity index (χ1v) is 8.20. The number of hydrogen-bond acceptors (Lipinski definition) is 2. The molecule has 2 aromatic rings. The molecule has 0 spiro atoms. The molecule has 0 saturated carbocycles. The van der Waals surface area contributed by atoms with Crippen LogP contribution in [0.15, 0.2) is 48.5 Å². The van der Waals surface area contributed by atoms with Gasteiger partial charge in [0.05, 0.1) is 0 Å². The molecule has 0 aromatic heterocycles. The van der Waals surface area contributed by atoms with E-state index in [1.807, 2.05) is 43.3 Å². The van der Waals surface area contributed by atoms with Gasteiger partial charge in [0.25, 0.3) is 0 Å². The minimum Gasteiger partial charge on any atom is -0.347 e. The van der Waals surface area contributed by atoms with Gasteiger partial charge in [-0.3, -0.25) is 9.59 Å². The van der Waals surface area contributed by atoms with Gasteiger partial charge in [0.1, 0.15) is 0 Å². The molecule has 4 heteroatoms. The maximum Gasteiger partial charge on any atom is 0.313 e. The zero-order valence-corrected chi connectivity index (χ0v) is 14.4. The number of nitrogens with one attached hydrogen (secondary N) is 2. The lowest BCUT2D eigenvalue weighted by Gasteiger charge is -2.10. The van der Waals surface area contributed by atoms with Crippen molar-refractivity contribution in [3.63, 3.8) is 0 Å². The highest BCUT2D eigenvalue weighted by Crippen LogP contribution is 2.18. The molecule has 126 valence electrons. The molecule has 2 N–H and O–H groups in total. The fourth-order valence-corrected chi connectivity index (χ4v) is 2.43. The zero-order valence-electron chi connectivity index (χ0n) is 14.4. The second kappa shape index (κ2) is 8.29. The molecule has 24 heavy (non-hydrogen) atoms. The van der Waals surface area contributed by atoms with Crippen molar-refractivity contribution < 1.29 is 9.59 Å². The number of anilines is 1. The van der Waals surface area contributed by atoms with Gasteiger partial charge in [-0.15, -0.1) is 0 Å². The SMILES string of the molecule is Cc1cccc(CCNC(=O)C(=O)Nc2cccc(C(C)C)c2)c1. The summed E-state index contributed by atoms with van der Waals surface area (Å²) in [7, 11) is 0.